The van der Waals surface area contributed by atoms with E-state index in [1.54, 1.807) is 6.20 Å². The molecule has 1 heterocycles. The van der Waals surface area contributed by atoms with Gasteiger partial charge in [-0.15, -0.1) is 0 Å². The molecule has 2 rings (SSSR count). The van der Waals surface area contributed by atoms with Gasteiger partial charge in [0, 0.05) is 12.4 Å². The van der Waals surface area contributed by atoms with Crippen molar-refractivity contribution in [3.8, 4) is 11.6 Å². The van der Waals surface area contributed by atoms with Crippen molar-refractivity contribution in [1.29, 1.82) is 0 Å². The van der Waals surface area contributed by atoms with Gasteiger partial charge in [0.05, 0.1) is 0 Å². The Morgan fingerprint density at radius 1 is 1.06 bits per heavy atom. The summed E-state index contributed by atoms with van der Waals surface area (Å²) in [6, 6.07) is 5.83. The van der Waals surface area contributed by atoms with Gasteiger partial charge in [0.25, 0.3) is 5.88 Å². The molecule has 2 N–H and O–H groups in total. The average molecular weight is 215 g/mol. The van der Waals surface area contributed by atoms with Crippen molar-refractivity contribution < 1.29 is 4.74 Å². The van der Waals surface area contributed by atoms with Gasteiger partial charge in [-0.05, 0) is 37.1 Å². The predicted octanol–water partition coefficient (Wildman–Crippen LogP) is 2.47. The molecule has 0 spiro atoms. The van der Waals surface area contributed by atoms with Gasteiger partial charge < -0.3 is 10.5 Å². The van der Waals surface area contributed by atoms with Crippen LogP contribution in [0.3, 0.4) is 0 Å². The van der Waals surface area contributed by atoms with Gasteiger partial charge >= 0.3 is 0 Å². The highest BCUT2D eigenvalue weighted by molar-refractivity contribution is 5.43. The Kier molecular flexibility index (Phi) is 2.72. The van der Waals surface area contributed by atoms with Gasteiger partial charge in [-0.1, -0.05) is 6.07 Å². The Labute approximate surface area is 94.1 Å². The molecule has 0 aliphatic rings. The molecule has 0 radical (unpaired) electrons. The molecule has 0 amide bonds. The van der Waals surface area contributed by atoms with Crippen LogP contribution in [-0.4, -0.2) is 9.97 Å². The minimum Gasteiger partial charge on any atom is -0.436 e. The fourth-order valence-corrected chi connectivity index (χ4v) is 1.30. The fourth-order valence-electron chi connectivity index (χ4n) is 1.30. The molecule has 82 valence electrons. The molecular weight excluding hydrogens is 202 g/mol. The van der Waals surface area contributed by atoms with E-state index in [0.717, 1.165) is 5.75 Å². The van der Waals surface area contributed by atoms with E-state index in [1.807, 2.05) is 25.1 Å². The van der Waals surface area contributed by atoms with Gasteiger partial charge in [-0.25, -0.2) is 9.97 Å². The molecule has 0 aliphatic carbocycles. The maximum atomic E-state index is 5.64. The topological polar surface area (TPSA) is 61.0 Å². The van der Waals surface area contributed by atoms with Gasteiger partial charge in [0.1, 0.15) is 5.75 Å². The lowest BCUT2D eigenvalue weighted by molar-refractivity contribution is 0.463. The second kappa shape index (κ2) is 4.18. The molecule has 0 unspecified atom stereocenters. The van der Waals surface area contributed by atoms with E-state index in [-0.39, 0.29) is 0 Å². The van der Waals surface area contributed by atoms with Gasteiger partial charge in [0.15, 0.2) is 5.82 Å². The Morgan fingerprint density at radius 3 is 2.50 bits per heavy atom. The van der Waals surface area contributed by atoms with Crippen molar-refractivity contribution in [3.63, 3.8) is 0 Å². The number of hydrogen-bond acceptors (Lipinski definition) is 4. The molecule has 2 aromatic rings. The Morgan fingerprint density at radius 2 is 1.81 bits per heavy atom. The van der Waals surface area contributed by atoms with Crippen LogP contribution in [0.4, 0.5) is 5.82 Å². The first kappa shape index (κ1) is 10.4. The number of aromatic nitrogens is 2. The molecule has 4 heteroatoms. The van der Waals surface area contributed by atoms with E-state index in [4.69, 9.17) is 10.5 Å². The van der Waals surface area contributed by atoms with E-state index in [0.29, 0.717) is 11.7 Å². The summed E-state index contributed by atoms with van der Waals surface area (Å²) in [5.74, 6) is 1.35. The lowest BCUT2D eigenvalue weighted by Crippen LogP contribution is -1.97. The molecule has 1 aromatic heterocycles. The highest BCUT2D eigenvalue weighted by Crippen LogP contribution is 2.24. The van der Waals surface area contributed by atoms with Crippen LogP contribution < -0.4 is 10.5 Å². The van der Waals surface area contributed by atoms with Crippen LogP contribution in [0, 0.1) is 13.8 Å². The molecule has 0 saturated carbocycles. The van der Waals surface area contributed by atoms with Crippen molar-refractivity contribution in [2.24, 2.45) is 0 Å². The van der Waals surface area contributed by atoms with Crippen LogP contribution in [-0.2, 0) is 0 Å². The zero-order chi connectivity index (χ0) is 11.5. The standard InChI is InChI=1S/C12H13N3O/c1-8-3-4-10(7-9(8)2)16-12-11(13)14-5-6-15-12/h3-7H,1-2H3,(H2,13,14). The van der Waals surface area contributed by atoms with Crippen molar-refractivity contribution in [3.05, 3.63) is 41.7 Å². The average Bonchev–Trinajstić information content (AvgIpc) is 2.27. The van der Waals surface area contributed by atoms with E-state index in [9.17, 15) is 0 Å². The van der Waals surface area contributed by atoms with Gasteiger partial charge in [-0.3, -0.25) is 0 Å². The van der Waals surface area contributed by atoms with Crippen molar-refractivity contribution in [2.45, 2.75) is 13.8 Å². The van der Waals surface area contributed by atoms with Crippen molar-refractivity contribution >= 4 is 5.82 Å². The molecule has 0 bridgehead atoms. The maximum absolute atomic E-state index is 5.64. The first-order chi connectivity index (χ1) is 7.66. The number of nitrogens with zero attached hydrogens (tertiary/aromatic N) is 2. The number of hydrogen-bond donors (Lipinski definition) is 1. The minimum atomic E-state index is 0.292. The number of benzene rings is 1. The Hall–Kier alpha value is -2.10. The molecule has 0 aliphatic heterocycles. The highest BCUT2D eigenvalue weighted by Gasteiger charge is 2.04. The lowest BCUT2D eigenvalue weighted by Gasteiger charge is -2.07. The molecule has 0 atom stereocenters. The summed E-state index contributed by atoms with van der Waals surface area (Å²) in [4.78, 5) is 7.92. The quantitative estimate of drug-likeness (QED) is 0.835. The molecule has 1 aromatic carbocycles. The number of aryl methyl sites for hydroxylation is 2. The summed E-state index contributed by atoms with van der Waals surface area (Å²) < 4.78 is 5.55. The highest BCUT2D eigenvalue weighted by atomic mass is 16.5. The van der Waals surface area contributed by atoms with Gasteiger partial charge in [-0.2, -0.15) is 0 Å². The van der Waals surface area contributed by atoms with Crippen LogP contribution in [0.15, 0.2) is 30.6 Å². The monoisotopic (exact) mass is 215 g/mol. The second-order valence-corrected chi connectivity index (χ2v) is 3.59. The summed E-state index contributed by atoms with van der Waals surface area (Å²) in [7, 11) is 0. The third-order valence-corrected chi connectivity index (χ3v) is 2.38. The Bertz CT molecular complexity index is 511. The molecule has 0 saturated heterocycles. The third kappa shape index (κ3) is 2.11. The summed E-state index contributed by atoms with van der Waals surface area (Å²) in [5.41, 5.74) is 8.03. The Balaban J connectivity index is 2.28. The second-order valence-electron chi connectivity index (χ2n) is 3.59. The molecule has 4 nitrogen and oxygen atoms in total. The number of anilines is 1. The first-order valence-electron chi connectivity index (χ1n) is 4.98. The number of nitrogens with two attached hydrogens (primary N) is 1. The van der Waals surface area contributed by atoms with E-state index >= 15 is 0 Å². The fraction of sp³-hybridized carbons (Fsp3) is 0.167. The summed E-state index contributed by atoms with van der Waals surface area (Å²) in [6.45, 7) is 4.08. The SMILES string of the molecule is Cc1ccc(Oc2nccnc2N)cc1C. The molecular formula is C12H13N3O. The summed E-state index contributed by atoms with van der Waals surface area (Å²) >= 11 is 0. The normalized spacial score (nSPS) is 10.1. The maximum Gasteiger partial charge on any atom is 0.262 e. The van der Waals surface area contributed by atoms with Crippen LogP contribution >= 0.6 is 0 Å². The summed E-state index contributed by atoms with van der Waals surface area (Å²) in [6.07, 6.45) is 3.08. The van der Waals surface area contributed by atoms with E-state index in [1.165, 1.54) is 17.3 Å². The van der Waals surface area contributed by atoms with E-state index < -0.39 is 0 Å². The number of rotatable bonds is 2. The van der Waals surface area contributed by atoms with Crippen LogP contribution in [0.2, 0.25) is 0 Å². The third-order valence-electron chi connectivity index (χ3n) is 2.38. The smallest absolute Gasteiger partial charge is 0.262 e. The predicted molar refractivity (Wildman–Crippen MR) is 62.4 cm³/mol. The van der Waals surface area contributed by atoms with Crippen molar-refractivity contribution in [1.82, 2.24) is 9.97 Å². The van der Waals surface area contributed by atoms with Crippen LogP contribution in [0.5, 0.6) is 11.6 Å². The number of ether oxygens (including phenoxy) is 1. The summed E-state index contributed by atoms with van der Waals surface area (Å²) in [5, 5.41) is 0. The lowest BCUT2D eigenvalue weighted by atomic mass is 10.1. The number of nitrogen functional groups attached to an aromatic ring is 1. The van der Waals surface area contributed by atoms with E-state index in [2.05, 4.69) is 16.9 Å². The van der Waals surface area contributed by atoms with Crippen molar-refractivity contribution in [2.75, 3.05) is 5.73 Å². The van der Waals surface area contributed by atoms with Crippen LogP contribution in [0.1, 0.15) is 11.1 Å². The zero-order valence-corrected chi connectivity index (χ0v) is 9.27. The minimum absolute atomic E-state index is 0.292. The first-order valence-corrected chi connectivity index (χ1v) is 4.98. The van der Waals surface area contributed by atoms with Gasteiger partial charge in [0.2, 0.25) is 0 Å². The zero-order valence-electron chi connectivity index (χ0n) is 9.27. The molecule has 16 heavy (non-hydrogen) atoms. The largest absolute Gasteiger partial charge is 0.436 e. The van der Waals surface area contributed by atoms with Crippen LogP contribution in [0.25, 0.3) is 0 Å². The molecule has 0 fully saturated rings.